The first kappa shape index (κ1) is 10.4. The second kappa shape index (κ2) is 4.57. The molecule has 2 aliphatic rings. The molecular weight excluding hydrogens is 182 g/mol. The predicted molar refractivity (Wildman–Crippen MR) is 52.3 cm³/mol. The SMILES string of the molecule is OCC1(N2CCOCC2)CCOCC1. The largest absolute Gasteiger partial charge is 0.394 e. The van der Waals surface area contributed by atoms with Crippen LogP contribution in [0.5, 0.6) is 0 Å². The minimum absolute atomic E-state index is 0.0258. The summed E-state index contributed by atoms with van der Waals surface area (Å²) in [6.07, 6.45) is 1.90. The summed E-state index contributed by atoms with van der Waals surface area (Å²) in [5.74, 6) is 0. The van der Waals surface area contributed by atoms with Crippen molar-refractivity contribution in [1.82, 2.24) is 4.90 Å². The van der Waals surface area contributed by atoms with Crippen molar-refractivity contribution in [3.8, 4) is 0 Å². The van der Waals surface area contributed by atoms with Crippen molar-refractivity contribution in [3.05, 3.63) is 0 Å². The molecule has 0 unspecified atom stereocenters. The van der Waals surface area contributed by atoms with Crippen LogP contribution in [-0.2, 0) is 9.47 Å². The van der Waals surface area contributed by atoms with E-state index in [1.165, 1.54) is 0 Å². The molecule has 4 nitrogen and oxygen atoms in total. The zero-order valence-electron chi connectivity index (χ0n) is 8.57. The number of aliphatic hydroxyl groups excluding tert-OH is 1. The van der Waals surface area contributed by atoms with Crippen LogP contribution >= 0.6 is 0 Å². The topological polar surface area (TPSA) is 41.9 Å². The van der Waals surface area contributed by atoms with Gasteiger partial charge in [-0.3, -0.25) is 4.90 Å². The molecule has 0 spiro atoms. The van der Waals surface area contributed by atoms with Crippen LogP contribution in [0.3, 0.4) is 0 Å². The van der Waals surface area contributed by atoms with Crippen LogP contribution < -0.4 is 0 Å². The van der Waals surface area contributed by atoms with Gasteiger partial charge in [0.2, 0.25) is 0 Å². The second-order valence-corrected chi connectivity index (χ2v) is 4.09. The lowest BCUT2D eigenvalue weighted by molar-refractivity contribution is -0.0907. The van der Waals surface area contributed by atoms with Gasteiger partial charge in [0.15, 0.2) is 0 Å². The van der Waals surface area contributed by atoms with Crippen molar-refractivity contribution >= 4 is 0 Å². The molecule has 0 aliphatic carbocycles. The van der Waals surface area contributed by atoms with Gasteiger partial charge in [-0.2, -0.15) is 0 Å². The number of hydrogen-bond donors (Lipinski definition) is 1. The van der Waals surface area contributed by atoms with Crippen LogP contribution in [0, 0.1) is 0 Å². The summed E-state index contributed by atoms with van der Waals surface area (Å²) < 4.78 is 10.7. The molecule has 0 bridgehead atoms. The maximum Gasteiger partial charge on any atom is 0.0617 e. The quantitative estimate of drug-likeness (QED) is 0.675. The van der Waals surface area contributed by atoms with E-state index in [0.29, 0.717) is 0 Å². The predicted octanol–water partition coefficient (Wildman–Crippen LogP) is -0.140. The van der Waals surface area contributed by atoms with E-state index in [1.807, 2.05) is 0 Å². The Morgan fingerprint density at radius 3 is 2.14 bits per heavy atom. The average molecular weight is 201 g/mol. The maximum absolute atomic E-state index is 9.56. The van der Waals surface area contributed by atoms with Gasteiger partial charge >= 0.3 is 0 Å². The van der Waals surface area contributed by atoms with E-state index in [-0.39, 0.29) is 12.1 Å². The van der Waals surface area contributed by atoms with E-state index < -0.39 is 0 Å². The summed E-state index contributed by atoms with van der Waals surface area (Å²) >= 11 is 0. The Labute approximate surface area is 84.8 Å². The number of morpholine rings is 1. The van der Waals surface area contributed by atoms with Crippen LogP contribution in [0.25, 0.3) is 0 Å². The first-order valence-electron chi connectivity index (χ1n) is 5.39. The first-order chi connectivity index (χ1) is 6.87. The van der Waals surface area contributed by atoms with Gasteiger partial charge in [-0.1, -0.05) is 0 Å². The highest BCUT2D eigenvalue weighted by Crippen LogP contribution is 2.28. The molecule has 14 heavy (non-hydrogen) atoms. The number of rotatable bonds is 2. The molecule has 0 aromatic heterocycles. The highest BCUT2D eigenvalue weighted by molar-refractivity contribution is 4.92. The molecular formula is C10H19NO3. The fraction of sp³-hybridized carbons (Fsp3) is 1.00. The summed E-state index contributed by atoms with van der Waals surface area (Å²) in [6, 6.07) is 0. The van der Waals surface area contributed by atoms with Crippen LogP contribution in [0.4, 0.5) is 0 Å². The molecule has 0 aromatic carbocycles. The fourth-order valence-electron chi connectivity index (χ4n) is 2.36. The van der Waals surface area contributed by atoms with Crippen LogP contribution in [0.15, 0.2) is 0 Å². The van der Waals surface area contributed by atoms with Gasteiger partial charge in [-0.25, -0.2) is 0 Å². The van der Waals surface area contributed by atoms with Crippen LogP contribution in [0.1, 0.15) is 12.8 Å². The summed E-state index contributed by atoms with van der Waals surface area (Å²) in [5, 5.41) is 9.56. The van der Waals surface area contributed by atoms with Crippen molar-refractivity contribution in [2.24, 2.45) is 0 Å². The molecule has 0 aromatic rings. The van der Waals surface area contributed by atoms with Gasteiger partial charge < -0.3 is 14.6 Å². The van der Waals surface area contributed by atoms with Gasteiger partial charge in [-0.15, -0.1) is 0 Å². The Morgan fingerprint density at radius 1 is 1.00 bits per heavy atom. The molecule has 0 atom stereocenters. The Hall–Kier alpha value is -0.160. The summed E-state index contributed by atoms with van der Waals surface area (Å²) in [5.41, 5.74) is -0.0258. The van der Waals surface area contributed by atoms with Gasteiger partial charge in [0.25, 0.3) is 0 Å². The zero-order chi connectivity index (χ0) is 9.86. The van der Waals surface area contributed by atoms with Gasteiger partial charge in [-0.05, 0) is 12.8 Å². The molecule has 2 heterocycles. The molecule has 0 saturated carbocycles. The third-order valence-electron chi connectivity index (χ3n) is 3.40. The molecule has 2 fully saturated rings. The van der Waals surface area contributed by atoms with Gasteiger partial charge in [0, 0.05) is 31.8 Å². The van der Waals surface area contributed by atoms with Crippen molar-refractivity contribution in [2.75, 3.05) is 46.1 Å². The molecule has 0 radical (unpaired) electrons. The van der Waals surface area contributed by atoms with Gasteiger partial charge in [0.1, 0.15) is 0 Å². The van der Waals surface area contributed by atoms with E-state index in [2.05, 4.69) is 4.90 Å². The Balaban J connectivity index is 2.01. The molecule has 0 amide bonds. The third-order valence-corrected chi connectivity index (χ3v) is 3.40. The standard InChI is InChI=1S/C10H19NO3/c12-9-10(1-5-13-6-2-10)11-3-7-14-8-4-11/h12H,1-9H2. The van der Waals surface area contributed by atoms with Crippen molar-refractivity contribution in [3.63, 3.8) is 0 Å². The monoisotopic (exact) mass is 201 g/mol. The van der Waals surface area contributed by atoms with Gasteiger partial charge in [0.05, 0.1) is 19.8 Å². The Morgan fingerprint density at radius 2 is 1.57 bits per heavy atom. The fourth-order valence-corrected chi connectivity index (χ4v) is 2.36. The zero-order valence-corrected chi connectivity index (χ0v) is 8.57. The van der Waals surface area contributed by atoms with E-state index in [4.69, 9.17) is 9.47 Å². The molecule has 1 N–H and O–H groups in total. The number of aliphatic hydroxyl groups is 1. The number of ether oxygens (including phenoxy) is 2. The molecule has 2 saturated heterocycles. The minimum Gasteiger partial charge on any atom is -0.394 e. The highest BCUT2D eigenvalue weighted by Gasteiger charge is 2.38. The first-order valence-corrected chi connectivity index (χ1v) is 5.39. The lowest BCUT2D eigenvalue weighted by Crippen LogP contribution is -2.58. The van der Waals surface area contributed by atoms with E-state index in [9.17, 15) is 5.11 Å². The maximum atomic E-state index is 9.56. The number of hydrogen-bond acceptors (Lipinski definition) is 4. The lowest BCUT2D eigenvalue weighted by Gasteiger charge is -2.46. The van der Waals surface area contributed by atoms with E-state index in [0.717, 1.165) is 52.4 Å². The minimum atomic E-state index is -0.0258. The highest BCUT2D eigenvalue weighted by atomic mass is 16.5. The van der Waals surface area contributed by atoms with Crippen LogP contribution in [0.2, 0.25) is 0 Å². The number of nitrogens with zero attached hydrogens (tertiary/aromatic N) is 1. The summed E-state index contributed by atoms with van der Waals surface area (Å²) in [4.78, 5) is 2.37. The van der Waals surface area contributed by atoms with Crippen molar-refractivity contribution in [2.45, 2.75) is 18.4 Å². The average Bonchev–Trinajstić information content (AvgIpc) is 2.31. The van der Waals surface area contributed by atoms with Crippen LogP contribution in [-0.4, -0.2) is 61.7 Å². The van der Waals surface area contributed by atoms with E-state index >= 15 is 0 Å². The molecule has 2 rings (SSSR count). The second-order valence-electron chi connectivity index (χ2n) is 4.09. The summed E-state index contributed by atoms with van der Waals surface area (Å²) in [6.45, 7) is 5.28. The molecule has 2 aliphatic heterocycles. The third kappa shape index (κ3) is 1.93. The smallest absolute Gasteiger partial charge is 0.0617 e. The molecule has 82 valence electrons. The Bertz CT molecular complexity index is 174. The normalized spacial score (nSPS) is 28.9. The van der Waals surface area contributed by atoms with Crippen molar-refractivity contribution < 1.29 is 14.6 Å². The Kier molecular flexibility index (Phi) is 3.38. The lowest BCUT2D eigenvalue weighted by atomic mass is 9.88. The van der Waals surface area contributed by atoms with Crippen molar-refractivity contribution in [1.29, 1.82) is 0 Å². The summed E-state index contributed by atoms with van der Waals surface area (Å²) in [7, 11) is 0. The molecule has 4 heteroatoms. The van der Waals surface area contributed by atoms with E-state index in [1.54, 1.807) is 0 Å².